The van der Waals surface area contributed by atoms with Crippen molar-refractivity contribution in [2.45, 2.75) is 32.6 Å². The lowest BCUT2D eigenvalue weighted by Gasteiger charge is -2.07. The van der Waals surface area contributed by atoms with Crippen LogP contribution in [0.25, 0.3) is 0 Å². The molecule has 0 atom stereocenters. The molecule has 0 radical (unpaired) electrons. The van der Waals surface area contributed by atoms with Crippen molar-refractivity contribution < 1.29 is 18.7 Å². The number of nitriles is 1. The number of aromatic nitrogens is 2. The SMILES string of the molecule is CCCCOc1ccc(CCc2cnc(C(=O)Oc3ccc(C#N)c(F)c3)nc2)cc1. The predicted molar refractivity (Wildman–Crippen MR) is 112 cm³/mol. The molecular weight excluding hydrogens is 397 g/mol. The summed E-state index contributed by atoms with van der Waals surface area (Å²) < 4.78 is 24.4. The number of benzene rings is 2. The molecule has 1 aromatic heterocycles. The molecule has 31 heavy (non-hydrogen) atoms. The quantitative estimate of drug-likeness (QED) is 0.285. The number of aryl methyl sites for hydroxylation is 2. The van der Waals surface area contributed by atoms with E-state index in [-0.39, 0.29) is 17.1 Å². The number of esters is 1. The summed E-state index contributed by atoms with van der Waals surface area (Å²) in [6.07, 6.45) is 6.80. The Kier molecular flexibility index (Phi) is 7.66. The Morgan fingerprint density at radius 3 is 2.35 bits per heavy atom. The van der Waals surface area contributed by atoms with Gasteiger partial charge in [0.15, 0.2) is 0 Å². The molecule has 0 saturated heterocycles. The lowest BCUT2D eigenvalue weighted by Crippen LogP contribution is -2.13. The highest BCUT2D eigenvalue weighted by Gasteiger charge is 2.13. The van der Waals surface area contributed by atoms with Crippen LogP contribution in [0.5, 0.6) is 11.5 Å². The first kappa shape index (κ1) is 21.9. The van der Waals surface area contributed by atoms with Crippen LogP contribution >= 0.6 is 0 Å². The van der Waals surface area contributed by atoms with Crippen LogP contribution in [-0.2, 0) is 12.8 Å². The third-order valence-corrected chi connectivity index (χ3v) is 4.55. The van der Waals surface area contributed by atoms with E-state index >= 15 is 0 Å². The van der Waals surface area contributed by atoms with Gasteiger partial charge in [0.05, 0.1) is 12.2 Å². The lowest BCUT2D eigenvalue weighted by molar-refractivity contribution is 0.0721. The fourth-order valence-electron chi connectivity index (χ4n) is 2.77. The third-order valence-electron chi connectivity index (χ3n) is 4.55. The van der Waals surface area contributed by atoms with Crippen molar-refractivity contribution in [3.05, 3.63) is 83.2 Å². The molecule has 7 heteroatoms. The van der Waals surface area contributed by atoms with Crippen LogP contribution < -0.4 is 9.47 Å². The topological polar surface area (TPSA) is 85.1 Å². The lowest BCUT2D eigenvalue weighted by atomic mass is 10.1. The fraction of sp³-hybridized carbons (Fsp3) is 0.250. The van der Waals surface area contributed by atoms with Crippen molar-refractivity contribution in [1.29, 1.82) is 5.26 Å². The zero-order valence-corrected chi connectivity index (χ0v) is 17.2. The molecule has 0 N–H and O–H groups in total. The van der Waals surface area contributed by atoms with Crippen molar-refractivity contribution in [1.82, 2.24) is 9.97 Å². The summed E-state index contributed by atoms with van der Waals surface area (Å²) in [5.74, 6) is -0.831. The number of nitrogens with zero attached hydrogens (tertiary/aromatic N) is 3. The van der Waals surface area contributed by atoms with Crippen LogP contribution in [0.15, 0.2) is 54.9 Å². The number of rotatable bonds is 9. The van der Waals surface area contributed by atoms with Gasteiger partial charge >= 0.3 is 5.97 Å². The van der Waals surface area contributed by atoms with Gasteiger partial charge in [0.25, 0.3) is 0 Å². The number of carbonyl (C=O) groups is 1. The monoisotopic (exact) mass is 419 g/mol. The second-order valence-corrected chi connectivity index (χ2v) is 6.90. The van der Waals surface area contributed by atoms with Gasteiger partial charge in [0.2, 0.25) is 5.82 Å². The van der Waals surface area contributed by atoms with Gasteiger partial charge in [-0.1, -0.05) is 25.5 Å². The van der Waals surface area contributed by atoms with Gasteiger partial charge in [0.1, 0.15) is 23.4 Å². The summed E-state index contributed by atoms with van der Waals surface area (Å²) in [5.41, 5.74) is 1.91. The van der Waals surface area contributed by atoms with E-state index in [1.165, 1.54) is 12.1 Å². The molecule has 0 amide bonds. The molecule has 0 aliphatic carbocycles. The summed E-state index contributed by atoms with van der Waals surface area (Å²) >= 11 is 0. The number of carbonyl (C=O) groups excluding carboxylic acids is 1. The second kappa shape index (κ2) is 10.8. The average molecular weight is 419 g/mol. The molecule has 1 heterocycles. The van der Waals surface area contributed by atoms with E-state index in [1.807, 2.05) is 24.3 Å². The maximum Gasteiger partial charge on any atom is 0.381 e. The second-order valence-electron chi connectivity index (χ2n) is 6.90. The number of hydrogen-bond donors (Lipinski definition) is 0. The summed E-state index contributed by atoms with van der Waals surface area (Å²) in [6.45, 7) is 2.85. The standard InChI is InChI=1S/C24H22FN3O3/c1-2-3-12-30-20-9-6-17(7-10-20)4-5-18-15-27-23(28-16-18)24(29)31-21-11-8-19(14-26)22(25)13-21/h6-11,13,15-16H,2-5,12H2,1H3. The summed E-state index contributed by atoms with van der Waals surface area (Å²) in [6, 6.07) is 13.3. The van der Waals surface area contributed by atoms with E-state index in [2.05, 4.69) is 16.9 Å². The normalized spacial score (nSPS) is 10.4. The Morgan fingerprint density at radius 1 is 1.03 bits per heavy atom. The Bertz CT molecular complexity index is 1060. The molecule has 0 saturated carbocycles. The Labute approximate surface area is 180 Å². The van der Waals surface area contributed by atoms with E-state index in [1.54, 1.807) is 18.5 Å². The molecule has 2 aromatic carbocycles. The van der Waals surface area contributed by atoms with Crippen molar-refractivity contribution >= 4 is 5.97 Å². The number of hydrogen-bond acceptors (Lipinski definition) is 6. The highest BCUT2D eigenvalue weighted by atomic mass is 19.1. The van der Waals surface area contributed by atoms with Crippen LogP contribution in [0.3, 0.4) is 0 Å². The molecule has 0 fully saturated rings. The summed E-state index contributed by atoms with van der Waals surface area (Å²) in [5, 5.41) is 8.74. The Morgan fingerprint density at radius 2 is 1.71 bits per heavy atom. The zero-order chi connectivity index (χ0) is 22.1. The van der Waals surface area contributed by atoms with Gasteiger partial charge in [-0.25, -0.2) is 19.2 Å². The largest absolute Gasteiger partial charge is 0.494 e. The highest BCUT2D eigenvalue weighted by molar-refractivity contribution is 5.86. The number of halogens is 1. The van der Waals surface area contributed by atoms with E-state index in [0.717, 1.165) is 48.8 Å². The molecule has 3 aromatic rings. The van der Waals surface area contributed by atoms with Gasteiger partial charge < -0.3 is 9.47 Å². The molecule has 0 unspecified atom stereocenters. The van der Waals surface area contributed by atoms with E-state index < -0.39 is 11.8 Å². The molecule has 0 aliphatic rings. The maximum absolute atomic E-state index is 13.6. The maximum atomic E-state index is 13.6. The van der Waals surface area contributed by atoms with E-state index in [9.17, 15) is 9.18 Å². The molecular formula is C24H22FN3O3. The van der Waals surface area contributed by atoms with Crippen molar-refractivity contribution in [2.75, 3.05) is 6.61 Å². The van der Waals surface area contributed by atoms with Gasteiger partial charge in [-0.15, -0.1) is 0 Å². The van der Waals surface area contributed by atoms with Crippen LogP contribution in [0.4, 0.5) is 4.39 Å². The minimum absolute atomic E-state index is 0.0173. The molecule has 158 valence electrons. The summed E-state index contributed by atoms with van der Waals surface area (Å²) in [4.78, 5) is 20.2. The van der Waals surface area contributed by atoms with Crippen LogP contribution in [0, 0.1) is 17.1 Å². The molecule has 3 rings (SSSR count). The first-order valence-electron chi connectivity index (χ1n) is 10.0. The summed E-state index contributed by atoms with van der Waals surface area (Å²) in [7, 11) is 0. The van der Waals surface area contributed by atoms with Crippen molar-refractivity contribution in [3.8, 4) is 17.6 Å². The first-order chi connectivity index (χ1) is 15.1. The van der Waals surface area contributed by atoms with Crippen LogP contribution in [-0.4, -0.2) is 22.5 Å². The Hall–Kier alpha value is -3.79. The van der Waals surface area contributed by atoms with Gasteiger partial charge in [-0.3, -0.25) is 0 Å². The molecule has 0 aliphatic heterocycles. The first-order valence-corrected chi connectivity index (χ1v) is 10.0. The van der Waals surface area contributed by atoms with Gasteiger partial charge in [-0.2, -0.15) is 5.26 Å². The smallest absolute Gasteiger partial charge is 0.381 e. The average Bonchev–Trinajstić information content (AvgIpc) is 2.79. The van der Waals surface area contributed by atoms with Crippen molar-refractivity contribution in [3.63, 3.8) is 0 Å². The van der Waals surface area contributed by atoms with Crippen molar-refractivity contribution in [2.24, 2.45) is 0 Å². The van der Waals surface area contributed by atoms with E-state index in [4.69, 9.17) is 14.7 Å². The van der Waals surface area contributed by atoms with Crippen LogP contribution in [0.1, 0.15) is 47.1 Å². The number of unbranched alkanes of at least 4 members (excludes halogenated alkanes) is 1. The zero-order valence-electron chi connectivity index (χ0n) is 17.2. The minimum Gasteiger partial charge on any atom is -0.494 e. The molecule has 6 nitrogen and oxygen atoms in total. The van der Waals surface area contributed by atoms with Gasteiger partial charge in [0, 0.05) is 18.5 Å². The Balaban J connectivity index is 1.52. The third kappa shape index (κ3) is 6.34. The molecule has 0 bridgehead atoms. The highest BCUT2D eigenvalue weighted by Crippen LogP contribution is 2.17. The van der Waals surface area contributed by atoms with Gasteiger partial charge in [-0.05, 0) is 54.7 Å². The molecule has 0 spiro atoms. The number of ether oxygens (including phenoxy) is 2. The fourth-order valence-corrected chi connectivity index (χ4v) is 2.77. The van der Waals surface area contributed by atoms with Crippen LogP contribution in [0.2, 0.25) is 0 Å². The predicted octanol–water partition coefficient (Wildman–Crippen LogP) is 4.67. The van der Waals surface area contributed by atoms with E-state index in [0.29, 0.717) is 6.42 Å². The minimum atomic E-state index is -0.797.